The van der Waals surface area contributed by atoms with Gasteiger partial charge in [0.2, 0.25) is 0 Å². The third-order valence-corrected chi connectivity index (χ3v) is 7.08. The number of likely N-dealkylation sites (tertiary alicyclic amines) is 1. The maximum absolute atomic E-state index is 13.1. The predicted molar refractivity (Wildman–Crippen MR) is 111 cm³/mol. The molecule has 5 rings (SSSR count). The van der Waals surface area contributed by atoms with Crippen molar-refractivity contribution in [2.75, 3.05) is 19.6 Å². The lowest BCUT2D eigenvalue weighted by Gasteiger charge is -2.55. The summed E-state index contributed by atoms with van der Waals surface area (Å²) < 4.78 is 0. The van der Waals surface area contributed by atoms with Gasteiger partial charge in [0.25, 0.3) is 5.91 Å². The van der Waals surface area contributed by atoms with Crippen LogP contribution in [0.5, 0.6) is 0 Å². The van der Waals surface area contributed by atoms with E-state index in [9.17, 15) is 9.90 Å². The van der Waals surface area contributed by atoms with Gasteiger partial charge in [0.15, 0.2) is 0 Å². The smallest absolute Gasteiger partial charge is 0.272 e. The van der Waals surface area contributed by atoms with Gasteiger partial charge in [-0.3, -0.25) is 14.7 Å². The van der Waals surface area contributed by atoms with Gasteiger partial charge in [0.1, 0.15) is 5.69 Å². The SMILES string of the molecule is O=C(c1cc(CO)ccn1)N1C[C@@H]2C[C@H](C1)[C@@H]1CCC[C@H](c3ccccc3)N1C2. The lowest BCUT2D eigenvalue weighted by molar-refractivity contribution is -0.0512. The van der Waals surface area contributed by atoms with Crippen molar-refractivity contribution in [3.8, 4) is 0 Å². The Bertz CT molecular complexity index is 871. The summed E-state index contributed by atoms with van der Waals surface area (Å²) in [6.45, 7) is 2.65. The van der Waals surface area contributed by atoms with E-state index in [4.69, 9.17) is 0 Å². The van der Waals surface area contributed by atoms with Gasteiger partial charge in [-0.25, -0.2) is 0 Å². The van der Waals surface area contributed by atoms with Gasteiger partial charge in [-0.15, -0.1) is 0 Å². The third kappa shape index (κ3) is 3.58. The molecule has 1 aromatic heterocycles. The van der Waals surface area contributed by atoms with E-state index in [1.54, 1.807) is 18.3 Å². The number of carbonyl (C=O) groups excluding carboxylic acids is 1. The topological polar surface area (TPSA) is 56.7 Å². The van der Waals surface area contributed by atoms with Gasteiger partial charge in [-0.1, -0.05) is 30.3 Å². The normalized spacial score (nSPS) is 29.3. The first-order valence-electron chi connectivity index (χ1n) is 10.9. The Morgan fingerprint density at radius 2 is 1.97 bits per heavy atom. The highest BCUT2D eigenvalue weighted by molar-refractivity contribution is 5.92. The molecule has 4 heterocycles. The van der Waals surface area contributed by atoms with E-state index in [1.807, 2.05) is 4.90 Å². The summed E-state index contributed by atoms with van der Waals surface area (Å²) in [6, 6.07) is 15.5. The Balaban J connectivity index is 1.35. The highest BCUT2D eigenvalue weighted by Crippen LogP contribution is 2.44. The minimum absolute atomic E-state index is 0.0128. The van der Waals surface area contributed by atoms with Crippen molar-refractivity contribution >= 4 is 5.91 Å². The number of benzene rings is 1. The fraction of sp³-hybridized carbons (Fsp3) is 0.500. The van der Waals surface area contributed by atoms with Crippen LogP contribution in [-0.4, -0.2) is 51.5 Å². The van der Waals surface area contributed by atoms with Crippen LogP contribution < -0.4 is 0 Å². The summed E-state index contributed by atoms with van der Waals surface area (Å²) in [5, 5.41) is 9.38. The number of hydrogen-bond acceptors (Lipinski definition) is 4. The molecule has 5 heteroatoms. The molecular formula is C24H29N3O2. The monoisotopic (exact) mass is 391 g/mol. The Morgan fingerprint density at radius 1 is 1.10 bits per heavy atom. The number of amides is 1. The van der Waals surface area contributed by atoms with E-state index in [-0.39, 0.29) is 12.5 Å². The largest absolute Gasteiger partial charge is 0.392 e. The van der Waals surface area contributed by atoms with Crippen LogP contribution >= 0.6 is 0 Å². The van der Waals surface area contributed by atoms with Crippen molar-refractivity contribution in [3.05, 3.63) is 65.5 Å². The average Bonchev–Trinajstić information content (AvgIpc) is 2.78. The van der Waals surface area contributed by atoms with Crippen LogP contribution in [0.25, 0.3) is 0 Å². The molecule has 0 saturated carbocycles. The van der Waals surface area contributed by atoms with Crippen LogP contribution in [0.15, 0.2) is 48.7 Å². The fourth-order valence-corrected chi connectivity index (χ4v) is 5.86. The quantitative estimate of drug-likeness (QED) is 0.873. The summed E-state index contributed by atoms with van der Waals surface area (Å²) in [6.07, 6.45) is 6.59. The highest BCUT2D eigenvalue weighted by Gasteiger charge is 2.45. The zero-order chi connectivity index (χ0) is 19.8. The number of aliphatic hydroxyl groups is 1. The van der Waals surface area contributed by atoms with Gasteiger partial charge < -0.3 is 10.0 Å². The zero-order valence-electron chi connectivity index (χ0n) is 16.8. The second kappa shape index (κ2) is 7.88. The second-order valence-corrected chi connectivity index (χ2v) is 8.90. The molecule has 0 radical (unpaired) electrons. The second-order valence-electron chi connectivity index (χ2n) is 8.90. The summed E-state index contributed by atoms with van der Waals surface area (Å²) in [4.78, 5) is 22.2. The van der Waals surface area contributed by atoms with E-state index in [2.05, 4.69) is 40.2 Å². The number of rotatable bonds is 3. The fourth-order valence-electron chi connectivity index (χ4n) is 5.86. The van der Waals surface area contributed by atoms with E-state index >= 15 is 0 Å². The van der Waals surface area contributed by atoms with Crippen LogP contribution in [0.4, 0.5) is 0 Å². The van der Waals surface area contributed by atoms with Gasteiger partial charge in [-0.2, -0.15) is 0 Å². The molecule has 29 heavy (non-hydrogen) atoms. The Hall–Kier alpha value is -2.24. The maximum Gasteiger partial charge on any atom is 0.272 e. The molecule has 2 bridgehead atoms. The van der Waals surface area contributed by atoms with E-state index in [0.717, 1.165) is 25.2 Å². The molecule has 152 valence electrons. The van der Waals surface area contributed by atoms with Crippen LogP contribution in [0.1, 0.15) is 53.3 Å². The molecule has 1 amide bonds. The molecule has 4 atom stereocenters. The van der Waals surface area contributed by atoms with Crippen LogP contribution in [0, 0.1) is 11.8 Å². The van der Waals surface area contributed by atoms with Gasteiger partial charge in [-0.05, 0) is 60.8 Å². The van der Waals surface area contributed by atoms with Crippen molar-refractivity contribution < 1.29 is 9.90 Å². The summed E-state index contributed by atoms with van der Waals surface area (Å²) in [5.74, 6) is 1.08. The molecule has 1 aromatic carbocycles. The molecule has 3 saturated heterocycles. The number of nitrogens with zero attached hydrogens (tertiary/aromatic N) is 3. The highest BCUT2D eigenvalue weighted by atomic mass is 16.3. The lowest BCUT2D eigenvalue weighted by atomic mass is 9.74. The van der Waals surface area contributed by atoms with Gasteiger partial charge in [0.05, 0.1) is 6.61 Å². The summed E-state index contributed by atoms with van der Waals surface area (Å²) in [7, 11) is 0. The lowest BCUT2D eigenvalue weighted by Crippen LogP contribution is -2.60. The average molecular weight is 392 g/mol. The van der Waals surface area contributed by atoms with Gasteiger partial charge >= 0.3 is 0 Å². The van der Waals surface area contributed by atoms with Gasteiger partial charge in [0, 0.05) is 37.9 Å². The number of fused-ring (bicyclic) bond motifs is 4. The third-order valence-electron chi connectivity index (χ3n) is 7.08. The standard InChI is InChI=1S/C24H29N3O2/c28-16-17-9-10-25-21(12-17)24(29)26-13-18-11-20(15-26)23-8-4-7-22(27(23)14-18)19-5-2-1-3-6-19/h1-3,5-6,9-10,12,18,20,22-23,28H,4,7-8,11,13-16H2/t18-,20+,22+,23-/m0/s1. The zero-order valence-corrected chi connectivity index (χ0v) is 16.8. The minimum Gasteiger partial charge on any atom is -0.392 e. The molecule has 0 unspecified atom stereocenters. The first-order chi connectivity index (χ1) is 14.2. The molecule has 3 aliphatic rings. The van der Waals surface area contributed by atoms with Crippen molar-refractivity contribution in [2.45, 2.75) is 44.4 Å². The number of piperidine rings is 3. The first kappa shape index (κ1) is 18.8. The Labute approximate surface area is 172 Å². The van der Waals surface area contributed by atoms with Crippen LogP contribution in [0.2, 0.25) is 0 Å². The van der Waals surface area contributed by atoms with E-state index in [0.29, 0.717) is 29.6 Å². The van der Waals surface area contributed by atoms with Crippen molar-refractivity contribution in [2.24, 2.45) is 11.8 Å². The van der Waals surface area contributed by atoms with Crippen LogP contribution in [0.3, 0.4) is 0 Å². The van der Waals surface area contributed by atoms with Crippen molar-refractivity contribution in [1.29, 1.82) is 0 Å². The molecule has 1 N–H and O–H groups in total. The van der Waals surface area contributed by atoms with Crippen molar-refractivity contribution in [1.82, 2.24) is 14.8 Å². The van der Waals surface area contributed by atoms with E-state index < -0.39 is 0 Å². The Kier molecular flexibility index (Phi) is 5.10. The molecular weight excluding hydrogens is 362 g/mol. The van der Waals surface area contributed by atoms with E-state index in [1.165, 1.54) is 31.2 Å². The molecule has 0 spiro atoms. The molecule has 0 aliphatic carbocycles. The number of hydrogen-bond donors (Lipinski definition) is 1. The van der Waals surface area contributed by atoms with Crippen molar-refractivity contribution in [3.63, 3.8) is 0 Å². The number of carbonyl (C=O) groups is 1. The molecule has 2 aromatic rings. The number of pyridine rings is 1. The summed E-state index contributed by atoms with van der Waals surface area (Å²) >= 11 is 0. The molecule has 3 fully saturated rings. The molecule has 3 aliphatic heterocycles. The maximum atomic E-state index is 13.1. The summed E-state index contributed by atoms with van der Waals surface area (Å²) in [5.41, 5.74) is 2.64. The number of aliphatic hydroxyl groups excluding tert-OH is 1. The Morgan fingerprint density at radius 3 is 2.79 bits per heavy atom. The first-order valence-corrected chi connectivity index (χ1v) is 10.9. The predicted octanol–water partition coefficient (Wildman–Crippen LogP) is 3.26. The minimum atomic E-state index is -0.0635. The van der Waals surface area contributed by atoms with Crippen LogP contribution in [-0.2, 0) is 6.61 Å². The molecule has 5 nitrogen and oxygen atoms in total. The number of aromatic nitrogens is 1.